The van der Waals surface area contributed by atoms with Crippen LogP contribution in [0.1, 0.15) is 317 Å². The van der Waals surface area contributed by atoms with Gasteiger partial charge in [0.2, 0.25) is 0 Å². The van der Waals surface area contributed by atoms with E-state index in [0.29, 0.717) is 32.7 Å². The molecule has 0 fully saturated rings. The van der Waals surface area contributed by atoms with Gasteiger partial charge in [-0.15, -0.1) is 0 Å². The number of aliphatic hydroxyl groups excluding tert-OH is 5. The lowest BCUT2D eigenvalue weighted by Gasteiger charge is -2.32. The van der Waals surface area contributed by atoms with Gasteiger partial charge >= 0.3 is 0 Å². The van der Waals surface area contributed by atoms with E-state index < -0.39 is 12.2 Å². The molecule has 0 heterocycles. The molecule has 0 rings (SSSR count). The number of nitrogens with zero attached hydrogens (tertiary/aromatic N) is 3. The fourth-order valence-electron chi connectivity index (χ4n) is 11.0. The summed E-state index contributed by atoms with van der Waals surface area (Å²) in [5.41, 5.74) is 0. The predicted octanol–water partition coefficient (Wildman–Crippen LogP) is 15.6. The van der Waals surface area contributed by atoms with Crippen LogP contribution in [0.15, 0.2) is 0 Å². The Morgan fingerprint density at radius 2 is 0.473 bits per heavy atom. The van der Waals surface area contributed by atoms with Crippen molar-refractivity contribution in [3.05, 3.63) is 0 Å². The second kappa shape index (κ2) is 58.8. The predicted molar refractivity (Wildman–Crippen MR) is 324 cm³/mol. The first-order valence-electron chi connectivity index (χ1n) is 33.5. The Labute approximate surface area is 463 Å². The van der Waals surface area contributed by atoms with Gasteiger partial charge in [0.05, 0.1) is 30.5 Å². The molecule has 9 nitrogen and oxygen atoms in total. The molecule has 0 saturated heterocycles. The van der Waals surface area contributed by atoms with Crippen LogP contribution in [0.4, 0.5) is 0 Å². The molecule has 5 unspecified atom stereocenters. The standard InChI is InChI=1S/C65H136N4O5/c1-6-11-16-21-26-30-35-39-45-61(70)56-66-50-53-67(57-62(71)46-41-36-31-27-22-17-12-7-2)51-44-52-68(58-63(72)47-42-37-32-28-23-18-13-8-3)54-55-69(59-64(73)48-40-34-25-20-15-10-5)60-65(74)49-43-38-33-29-24-19-14-9-4/h61-66,70-74H,6-60H2,1-5H3. The minimum atomic E-state index is -0.400. The van der Waals surface area contributed by atoms with E-state index in [0.717, 1.165) is 110 Å². The monoisotopic (exact) mass is 1050 g/mol. The van der Waals surface area contributed by atoms with E-state index in [9.17, 15) is 25.5 Å². The van der Waals surface area contributed by atoms with Crippen molar-refractivity contribution >= 4 is 0 Å². The van der Waals surface area contributed by atoms with Crippen LogP contribution in [0.25, 0.3) is 0 Å². The Hall–Kier alpha value is -0.360. The molecule has 0 aliphatic rings. The molecule has 0 saturated carbocycles. The van der Waals surface area contributed by atoms with E-state index in [1.54, 1.807) is 0 Å². The first-order valence-corrected chi connectivity index (χ1v) is 33.5. The summed E-state index contributed by atoms with van der Waals surface area (Å²) in [4.78, 5) is 7.23. The normalized spacial score (nSPS) is 14.2. The van der Waals surface area contributed by atoms with Crippen molar-refractivity contribution in [3.8, 4) is 0 Å². The maximum atomic E-state index is 11.5. The minimum absolute atomic E-state index is 0.315. The number of rotatable bonds is 63. The summed E-state index contributed by atoms with van der Waals surface area (Å²) < 4.78 is 0. The van der Waals surface area contributed by atoms with Crippen molar-refractivity contribution in [2.75, 3.05) is 72.0 Å². The van der Waals surface area contributed by atoms with Gasteiger partial charge in [-0.05, 0) is 51.6 Å². The average molecular weight is 1050 g/mol. The van der Waals surface area contributed by atoms with Crippen LogP contribution in [0.5, 0.6) is 0 Å². The molecule has 0 aliphatic carbocycles. The second-order valence-corrected chi connectivity index (χ2v) is 23.8. The number of aliphatic hydroxyl groups is 5. The van der Waals surface area contributed by atoms with Gasteiger partial charge in [0, 0.05) is 58.9 Å². The molecule has 0 aliphatic heterocycles. The highest BCUT2D eigenvalue weighted by Crippen LogP contribution is 2.17. The van der Waals surface area contributed by atoms with Crippen LogP contribution < -0.4 is 5.32 Å². The number of hydrogen-bond donors (Lipinski definition) is 6. The Morgan fingerprint density at radius 1 is 0.243 bits per heavy atom. The van der Waals surface area contributed by atoms with Crippen molar-refractivity contribution in [1.82, 2.24) is 20.0 Å². The van der Waals surface area contributed by atoms with E-state index in [4.69, 9.17) is 0 Å². The Morgan fingerprint density at radius 3 is 0.770 bits per heavy atom. The Kier molecular flexibility index (Phi) is 58.5. The van der Waals surface area contributed by atoms with Crippen molar-refractivity contribution < 1.29 is 25.5 Å². The fourth-order valence-corrected chi connectivity index (χ4v) is 11.0. The third-order valence-electron chi connectivity index (χ3n) is 16.0. The van der Waals surface area contributed by atoms with Crippen LogP contribution in [0.3, 0.4) is 0 Å². The molecular weight excluding hydrogens is 917 g/mol. The van der Waals surface area contributed by atoms with E-state index in [2.05, 4.69) is 54.6 Å². The molecule has 0 bridgehead atoms. The zero-order valence-corrected chi connectivity index (χ0v) is 50.9. The highest BCUT2D eigenvalue weighted by atomic mass is 16.3. The van der Waals surface area contributed by atoms with Crippen molar-refractivity contribution in [2.24, 2.45) is 0 Å². The van der Waals surface area contributed by atoms with E-state index >= 15 is 0 Å². The van der Waals surface area contributed by atoms with E-state index in [-0.39, 0.29) is 18.3 Å². The molecule has 6 N–H and O–H groups in total. The van der Waals surface area contributed by atoms with Crippen LogP contribution in [0.2, 0.25) is 0 Å². The van der Waals surface area contributed by atoms with Gasteiger partial charge in [-0.1, -0.05) is 279 Å². The lowest BCUT2D eigenvalue weighted by molar-refractivity contribution is 0.0469. The molecule has 0 aromatic rings. The van der Waals surface area contributed by atoms with Crippen LogP contribution in [-0.2, 0) is 0 Å². The quantitative estimate of drug-likeness (QED) is 0.0331. The summed E-state index contributed by atoms with van der Waals surface area (Å²) in [7, 11) is 0. The second-order valence-electron chi connectivity index (χ2n) is 23.8. The zero-order chi connectivity index (χ0) is 54.2. The largest absolute Gasteiger partial charge is 0.392 e. The zero-order valence-electron chi connectivity index (χ0n) is 50.9. The topological polar surface area (TPSA) is 123 Å². The van der Waals surface area contributed by atoms with Crippen molar-refractivity contribution in [2.45, 2.75) is 348 Å². The third kappa shape index (κ3) is 53.6. The first kappa shape index (κ1) is 73.6. The van der Waals surface area contributed by atoms with Crippen molar-refractivity contribution in [3.63, 3.8) is 0 Å². The van der Waals surface area contributed by atoms with Gasteiger partial charge in [0.25, 0.3) is 0 Å². The summed E-state index contributed by atoms with van der Waals surface area (Å²) in [6, 6.07) is 0. The van der Waals surface area contributed by atoms with Gasteiger partial charge in [-0.2, -0.15) is 0 Å². The molecule has 5 atom stereocenters. The Balaban J connectivity index is 5.80. The minimum Gasteiger partial charge on any atom is -0.392 e. The third-order valence-corrected chi connectivity index (χ3v) is 16.0. The fraction of sp³-hybridized carbons (Fsp3) is 1.00. The lowest BCUT2D eigenvalue weighted by atomic mass is 10.0. The van der Waals surface area contributed by atoms with Crippen LogP contribution in [0, 0.1) is 0 Å². The average Bonchev–Trinajstić information content (AvgIpc) is 3.38. The molecule has 446 valence electrons. The number of unbranched alkanes of at least 4 members (excludes halogenated alkanes) is 33. The van der Waals surface area contributed by atoms with Crippen LogP contribution >= 0.6 is 0 Å². The molecule has 0 amide bonds. The van der Waals surface area contributed by atoms with Gasteiger partial charge in [-0.25, -0.2) is 0 Å². The van der Waals surface area contributed by atoms with Crippen molar-refractivity contribution in [1.29, 1.82) is 0 Å². The van der Waals surface area contributed by atoms with Gasteiger partial charge in [0.15, 0.2) is 0 Å². The van der Waals surface area contributed by atoms with Gasteiger partial charge in [0.1, 0.15) is 0 Å². The lowest BCUT2D eigenvalue weighted by Crippen LogP contribution is -2.45. The highest BCUT2D eigenvalue weighted by molar-refractivity contribution is 4.75. The van der Waals surface area contributed by atoms with Gasteiger partial charge < -0.3 is 30.8 Å². The van der Waals surface area contributed by atoms with E-state index in [1.807, 2.05) is 0 Å². The SMILES string of the molecule is CCCCCCCCCCC(O)CNCCN(CCCN(CCN(CC(O)CCCCCCCC)CC(O)CCCCCCCCCC)CC(O)CCCCCCCCCC)CC(O)CCCCCCCCCC. The Bertz CT molecular complexity index is 1060. The summed E-state index contributed by atoms with van der Waals surface area (Å²) in [5, 5.41) is 60.0. The molecule has 0 radical (unpaired) electrons. The molecular formula is C65H136N4O5. The molecule has 9 heteroatoms. The summed E-state index contributed by atoms with van der Waals surface area (Å²) in [6.45, 7) is 19.4. The smallest absolute Gasteiger partial charge is 0.0667 e. The van der Waals surface area contributed by atoms with E-state index in [1.165, 1.54) is 212 Å². The summed E-state index contributed by atoms with van der Waals surface area (Å²) in [5.74, 6) is 0. The number of nitrogens with one attached hydrogen (secondary N) is 1. The maximum absolute atomic E-state index is 11.5. The molecule has 0 aromatic heterocycles. The molecule has 74 heavy (non-hydrogen) atoms. The highest BCUT2D eigenvalue weighted by Gasteiger charge is 2.20. The molecule has 0 spiro atoms. The number of hydrogen-bond acceptors (Lipinski definition) is 9. The summed E-state index contributed by atoms with van der Waals surface area (Å²) >= 11 is 0. The maximum Gasteiger partial charge on any atom is 0.0667 e. The summed E-state index contributed by atoms with van der Waals surface area (Å²) in [6.07, 6.45) is 51.1. The molecule has 0 aromatic carbocycles. The van der Waals surface area contributed by atoms with Gasteiger partial charge in [-0.3, -0.25) is 14.7 Å². The first-order chi connectivity index (χ1) is 36.2. The van der Waals surface area contributed by atoms with Crippen LogP contribution in [-0.4, -0.2) is 143 Å².